The summed E-state index contributed by atoms with van der Waals surface area (Å²) in [6, 6.07) is 10.4. The molecule has 0 unspecified atom stereocenters. The summed E-state index contributed by atoms with van der Waals surface area (Å²) in [5.41, 5.74) is 2.72. The lowest BCUT2D eigenvalue weighted by atomic mass is 10.1. The molecule has 0 aliphatic heterocycles. The van der Waals surface area contributed by atoms with Gasteiger partial charge in [-0.25, -0.2) is 13.1 Å². The summed E-state index contributed by atoms with van der Waals surface area (Å²) in [4.78, 5) is 10.5. The number of benzene rings is 2. The SMILES string of the molecule is Cc1cc(C)c(S(=O)(=O)N[C@@H](C)Cn2cc(C)c3ccccc32)c([N+](=O)[O-])c1. The van der Waals surface area contributed by atoms with Crippen LogP contribution in [-0.2, 0) is 16.6 Å². The number of fused-ring (bicyclic) bond motifs is 1. The van der Waals surface area contributed by atoms with Crippen molar-refractivity contribution in [3.63, 3.8) is 0 Å². The summed E-state index contributed by atoms with van der Waals surface area (Å²) in [5.74, 6) is 0. The van der Waals surface area contributed by atoms with Gasteiger partial charge >= 0.3 is 0 Å². The van der Waals surface area contributed by atoms with Gasteiger partial charge in [0.1, 0.15) is 0 Å². The highest BCUT2D eigenvalue weighted by atomic mass is 32.2. The van der Waals surface area contributed by atoms with Gasteiger partial charge in [-0.2, -0.15) is 0 Å². The Bertz CT molecular complexity index is 1170. The van der Waals surface area contributed by atoms with Crippen molar-refractivity contribution < 1.29 is 13.3 Å². The minimum Gasteiger partial charge on any atom is -0.346 e. The number of nitrogens with one attached hydrogen (secondary N) is 1. The van der Waals surface area contributed by atoms with E-state index in [4.69, 9.17) is 0 Å². The number of hydrogen-bond acceptors (Lipinski definition) is 4. The van der Waals surface area contributed by atoms with Crippen LogP contribution in [0.4, 0.5) is 5.69 Å². The van der Waals surface area contributed by atoms with E-state index in [1.165, 1.54) is 6.07 Å². The molecule has 0 bridgehead atoms. The molecule has 2 aromatic carbocycles. The van der Waals surface area contributed by atoms with Crippen LogP contribution in [0.3, 0.4) is 0 Å². The predicted molar refractivity (Wildman–Crippen MR) is 109 cm³/mol. The van der Waals surface area contributed by atoms with Gasteiger partial charge < -0.3 is 4.57 Å². The molecule has 0 radical (unpaired) electrons. The Labute approximate surface area is 164 Å². The van der Waals surface area contributed by atoms with Crippen molar-refractivity contribution in [2.75, 3.05) is 0 Å². The number of nitro groups is 1. The van der Waals surface area contributed by atoms with Crippen molar-refractivity contribution in [1.82, 2.24) is 9.29 Å². The number of para-hydroxylation sites is 1. The predicted octanol–water partition coefficient (Wildman–Crippen LogP) is 3.84. The lowest BCUT2D eigenvalue weighted by Crippen LogP contribution is -2.36. The summed E-state index contributed by atoms with van der Waals surface area (Å²) in [6.07, 6.45) is 1.98. The van der Waals surface area contributed by atoms with Gasteiger partial charge in [0, 0.05) is 35.8 Å². The zero-order chi connectivity index (χ0) is 20.6. The molecule has 0 fully saturated rings. The molecule has 1 aromatic heterocycles. The molecule has 8 heteroatoms. The molecular formula is C20H23N3O4S. The van der Waals surface area contributed by atoms with E-state index in [1.807, 2.05) is 42.0 Å². The van der Waals surface area contributed by atoms with Crippen LogP contribution in [0.25, 0.3) is 10.9 Å². The number of sulfonamides is 1. The maximum absolute atomic E-state index is 12.9. The van der Waals surface area contributed by atoms with Crippen LogP contribution in [0.2, 0.25) is 0 Å². The van der Waals surface area contributed by atoms with Crippen molar-refractivity contribution in [3.8, 4) is 0 Å². The molecule has 1 N–H and O–H groups in total. The molecule has 0 aliphatic carbocycles. The van der Waals surface area contributed by atoms with Crippen molar-refractivity contribution in [1.29, 1.82) is 0 Å². The lowest BCUT2D eigenvalue weighted by Gasteiger charge is -2.17. The molecule has 3 aromatic rings. The first-order chi connectivity index (χ1) is 13.1. The minimum absolute atomic E-state index is 0.275. The van der Waals surface area contributed by atoms with Gasteiger partial charge in [-0.15, -0.1) is 0 Å². The zero-order valence-corrected chi connectivity index (χ0v) is 17.1. The highest BCUT2D eigenvalue weighted by molar-refractivity contribution is 7.89. The smallest absolute Gasteiger partial charge is 0.289 e. The summed E-state index contributed by atoms with van der Waals surface area (Å²) < 4.78 is 30.5. The van der Waals surface area contributed by atoms with Crippen LogP contribution in [0, 0.1) is 30.9 Å². The summed E-state index contributed by atoms with van der Waals surface area (Å²) >= 11 is 0. The normalized spacial score (nSPS) is 13.0. The van der Waals surface area contributed by atoms with Gasteiger partial charge in [-0.05, 0) is 50.5 Å². The van der Waals surface area contributed by atoms with Crippen LogP contribution in [0.15, 0.2) is 47.5 Å². The molecule has 1 heterocycles. The number of aromatic nitrogens is 1. The largest absolute Gasteiger partial charge is 0.346 e. The topological polar surface area (TPSA) is 94.2 Å². The Morgan fingerprint density at radius 3 is 2.50 bits per heavy atom. The number of hydrogen-bond donors (Lipinski definition) is 1. The van der Waals surface area contributed by atoms with E-state index in [-0.39, 0.29) is 4.90 Å². The van der Waals surface area contributed by atoms with Gasteiger partial charge in [0.15, 0.2) is 4.90 Å². The van der Waals surface area contributed by atoms with Gasteiger partial charge in [0.2, 0.25) is 10.0 Å². The van der Waals surface area contributed by atoms with Crippen LogP contribution < -0.4 is 4.72 Å². The fourth-order valence-corrected chi connectivity index (χ4v) is 5.27. The Morgan fingerprint density at radius 2 is 1.82 bits per heavy atom. The second-order valence-electron chi connectivity index (χ2n) is 7.19. The minimum atomic E-state index is -4.05. The first-order valence-corrected chi connectivity index (χ1v) is 10.4. The second kappa shape index (κ2) is 7.37. The molecule has 1 atom stereocenters. The molecular weight excluding hydrogens is 378 g/mol. The van der Waals surface area contributed by atoms with Gasteiger partial charge in [0.05, 0.1) is 4.92 Å². The van der Waals surface area contributed by atoms with Crippen LogP contribution in [0.5, 0.6) is 0 Å². The molecule has 148 valence electrons. The molecule has 0 saturated heterocycles. The lowest BCUT2D eigenvalue weighted by molar-refractivity contribution is -0.388. The molecule has 7 nitrogen and oxygen atoms in total. The monoisotopic (exact) mass is 401 g/mol. The average molecular weight is 401 g/mol. The number of aryl methyl sites for hydroxylation is 3. The fourth-order valence-electron chi connectivity index (χ4n) is 3.65. The van der Waals surface area contributed by atoms with Crippen molar-refractivity contribution >= 4 is 26.6 Å². The maximum atomic E-state index is 12.9. The van der Waals surface area contributed by atoms with Crippen LogP contribution in [-0.4, -0.2) is 24.0 Å². The standard InChI is InChI=1S/C20H23N3O4S/c1-13-9-14(2)20(19(10-13)23(24)25)28(26,27)21-16(4)12-22-11-15(3)17-7-5-6-8-18(17)22/h5-11,16,21H,12H2,1-4H3/t16-/m0/s1. The van der Waals surface area contributed by atoms with Crippen LogP contribution in [0.1, 0.15) is 23.6 Å². The molecule has 0 aliphatic rings. The Morgan fingerprint density at radius 1 is 1.14 bits per heavy atom. The summed E-state index contributed by atoms with van der Waals surface area (Å²) in [6.45, 7) is 7.43. The van der Waals surface area contributed by atoms with E-state index in [0.717, 1.165) is 16.5 Å². The van der Waals surface area contributed by atoms with E-state index in [0.29, 0.717) is 17.7 Å². The highest BCUT2D eigenvalue weighted by Gasteiger charge is 2.29. The maximum Gasteiger partial charge on any atom is 0.289 e. The van der Waals surface area contributed by atoms with Gasteiger partial charge in [-0.1, -0.05) is 24.3 Å². The van der Waals surface area contributed by atoms with Gasteiger partial charge in [0.25, 0.3) is 5.69 Å². The summed E-state index contributed by atoms with van der Waals surface area (Å²) in [5, 5.41) is 12.5. The Balaban J connectivity index is 1.92. The van der Waals surface area contributed by atoms with Gasteiger partial charge in [-0.3, -0.25) is 10.1 Å². The molecule has 0 spiro atoms. The molecule has 0 amide bonds. The van der Waals surface area contributed by atoms with E-state index in [1.54, 1.807) is 26.8 Å². The van der Waals surface area contributed by atoms with Crippen molar-refractivity contribution in [3.05, 3.63) is 69.4 Å². The summed E-state index contributed by atoms with van der Waals surface area (Å²) in [7, 11) is -4.05. The van der Waals surface area contributed by atoms with E-state index in [2.05, 4.69) is 4.72 Å². The first-order valence-electron chi connectivity index (χ1n) is 8.92. The molecule has 0 saturated carbocycles. The van der Waals surface area contributed by atoms with E-state index in [9.17, 15) is 18.5 Å². The Hall–Kier alpha value is -2.71. The number of nitrogens with zero attached hydrogens (tertiary/aromatic N) is 2. The van der Waals surface area contributed by atoms with Crippen LogP contribution >= 0.6 is 0 Å². The third-order valence-corrected chi connectivity index (χ3v) is 6.46. The quantitative estimate of drug-likeness (QED) is 0.501. The number of nitro benzene ring substituents is 1. The first kappa shape index (κ1) is 20.0. The third kappa shape index (κ3) is 3.79. The highest BCUT2D eigenvalue weighted by Crippen LogP contribution is 2.29. The van der Waals surface area contributed by atoms with E-state index >= 15 is 0 Å². The second-order valence-corrected chi connectivity index (χ2v) is 8.84. The van der Waals surface area contributed by atoms with Crippen molar-refractivity contribution in [2.45, 2.75) is 45.2 Å². The van der Waals surface area contributed by atoms with Crippen molar-refractivity contribution in [2.24, 2.45) is 0 Å². The van der Waals surface area contributed by atoms with E-state index < -0.39 is 26.7 Å². The molecule has 3 rings (SSSR count). The molecule has 28 heavy (non-hydrogen) atoms. The Kier molecular flexibility index (Phi) is 5.27. The average Bonchev–Trinajstić information content (AvgIpc) is 2.89. The number of rotatable bonds is 6. The fraction of sp³-hybridized carbons (Fsp3) is 0.300. The zero-order valence-electron chi connectivity index (χ0n) is 16.3. The third-order valence-electron chi connectivity index (χ3n) is 4.68.